The highest BCUT2D eigenvalue weighted by atomic mass is 16.4. The van der Waals surface area contributed by atoms with Crippen molar-refractivity contribution in [3.63, 3.8) is 0 Å². The molecule has 24 heavy (non-hydrogen) atoms. The molecule has 5 nitrogen and oxygen atoms in total. The highest BCUT2D eigenvalue weighted by Gasteiger charge is 2.20. The molecule has 0 amide bonds. The molecule has 118 valence electrons. The summed E-state index contributed by atoms with van der Waals surface area (Å²) in [7, 11) is 0. The number of carboxylic acids is 1. The van der Waals surface area contributed by atoms with Crippen molar-refractivity contribution in [1.29, 1.82) is 5.26 Å². The Kier molecular flexibility index (Phi) is 3.88. The van der Waals surface area contributed by atoms with E-state index in [2.05, 4.69) is 0 Å². The molecule has 1 aromatic heterocycles. The number of para-hydroxylation sites is 1. The number of fused-ring (bicyclic) bond motifs is 1. The van der Waals surface area contributed by atoms with Crippen molar-refractivity contribution in [2.45, 2.75) is 13.3 Å². The van der Waals surface area contributed by atoms with E-state index in [4.69, 9.17) is 10.4 Å². The third kappa shape index (κ3) is 2.55. The second kappa shape index (κ2) is 6.01. The molecule has 0 unspecified atom stereocenters. The molecule has 1 N–H and O–H groups in total. The van der Waals surface area contributed by atoms with Gasteiger partial charge in [0, 0.05) is 16.6 Å². The minimum Gasteiger partial charge on any atom is -0.481 e. The van der Waals surface area contributed by atoms with Crippen LogP contribution in [0, 0.1) is 18.3 Å². The maximum absolute atomic E-state index is 12.9. The summed E-state index contributed by atoms with van der Waals surface area (Å²) < 4.78 is 1.54. The molecule has 0 aliphatic heterocycles. The van der Waals surface area contributed by atoms with E-state index in [0.717, 1.165) is 5.39 Å². The fourth-order valence-electron chi connectivity index (χ4n) is 2.89. The second-order valence-corrected chi connectivity index (χ2v) is 5.48. The van der Waals surface area contributed by atoms with Crippen LogP contribution in [0.4, 0.5) is 0 Å². The number of nitriles is 1. The number of nitrogens with zero attached hydrogens (tertiary/aromatic N) is 2. The zero-order valence-corrected chi connectivity index (χ0v) is 13.0. The zero-order chi connectivity index (χ0) is 17.3. The predicted octanol–water partition coefficient (Wildman–Crippen LogP) is 3.14. The first-order chi connectivity index (χ1) is 11.5. The molecule has 0 bridgehead atoms. The fourth-order valence-corrected chi connectivity index (χ4v) is 2.89. The number of aliphatic carboxylic acids is 1. The van der Waals surface area contributed by atoms with Gasteiger partial charge in [-0.2, -0.15) is 5.26 Å². The predicted molar refractivity (Wildman–Crippen MR) is 88.9 cm³/mol. The molecule has 0 aliphatic rings. The lowest BCUT2D eigenvalue weighted by atomic mass is 10.1. The molecule has 0 spiro atoms. The number of hydrogen-bond acceptors (Lipinski definition) is 3. The van der Waals surface area contributed by atoms with Crippen molar-refractivity contribution >= 4 is 22.8 Å². The largest absolute Gasteiger partial charge is 0.481 e. The average Bonchev–Trinajstić information content (AvgIpc) is 2.86. The van der Waals surface area contributed by atoms with E-state index in [1.807, 2.05) is 24.3 Å². The van der Waals surface area contributed by atoms with E-state index in [0.29, 0.717) is 27.9 Å². The molecule has 0 saturated carbocycles. The number of aromatic nitrogens is 1. The highest BCUT2D eigenvalue weighted by Crippen LogP contribution is 2.27. The molecule has 0 atom stereocenters. The Morgan fingerprint density at radius 3 is 2.42 bits per heavy atom. The van der Waals surface area contributed by atoms with Crippen LogP contribution in [0.2, 0.25) is 0 Å². The van der Waals surface area contributed by atoms with Gasteiger partial charge < -0.3 is 5.11 Å². The lowest BCUT2D eigenvalue weighted by molar-refractivity contribution is -0.136. The van der Waals surface area contributed by atoms with Crippen molar-refractivity contribution in [2.75, 3.05) is 0 Å². The Hall–Kier alpha value is -3.39. The third-order valence-electron chi connectivity index (χ3n) is 4.03. The maximum Gasteiger partial charge on any atom is 0.307 e. The topological polar surface area (TPSA) is 83.1 Å². The van der Waals surface area contributed by atoms with Crippen LogP contribution >= 0.6 is 0 Å². The van der Waals surface area contributed by atoms with Crippen LogP contribution in [-0.2, 0) is 11.2 Å². The summed E-state index contributed by atoms with van der Waals surface area (Å²) >= 11 is 0. The zero-order valence-electron chi connectivity index (χ0n) is 13.0. The number of rotatable bonds is 3. The summed E-state index contributed by atoms with van der Waals surface area (Å²) in [4.78, 5) is 24.1. The molecular weight excluding hydrogens is 304 g/mol. The van der Waals surface area contributed by atoms with Crippen molar-refractivity contribution in [3.05, 3.63) is 70.9 Å². The van der Waals surface area contributed by atoms with Gasteiger partial charge in [0.2, 0.25) is 0 Å². The van der Waals surface area contributed by atoms with Gasteiger partial charge in [-0.3, -0.25) is 14.2 Å². The van der Waals surface area contributed by atoms with Crippen LogP contribution in [0.3, 0.4) is 0 Å². The molecule has 2 aromatic carbocycles. The van der Waals surface area contributed by atoms with Gasteiger partial charge in [-0.05, 0) is 42.8 Å². The molecule has 3 aromatic rings. The second-order valence-electron chi connectivity index (χ2n) is 5.48. The van der Waals surface area contributed by atoms with Crippen molar-refractivity contribution in [1.82, 2.24) is 4.57 Å². The number of carboxylic acid groups (broad SMARTS) is 1. The Morgan fingerprint density at radius 2 is 1.79 bits per heavy atom. The smallest absolute Gasteiger partial charge is 0.307 e. The summed E-state index contributed by atoms with van der Waals surface area (Å²) in [5.41, 5.74) is 2.86. The van der Waals surface area contributed by atoms with Gasteiger partial charge in [0.15, 0.2) is 0 Å². The van der Waals surface area contributed by atoms with E-state index in [1.54, 1.807) is 37.3 Å². The first kappa shape index (κ1) is 15.5. The quantitative estimate of drug-likeness (QED) is 0.804. The van der Waals surface area contributed by atoms with Crippen LogP contribution in [-0.4, -0.2) is 21.6 Å². The Labute approximate surface area is 138 Å². The van der Waals surface area contributed by atoms with E-state index < -0.39 is 5.97 Å². The van der Waals surface area contributed by atoms with E-state index >= 15 is 0 Å². The Morgan fingerprint density at radius 1 is 1.12 bits per heavy atom. The SMILES string of the molecule is Cc1c(CC(=O)O)c2ccccc2n1C(=O)c1ccc(C#N)cc1. The fraction of sp³-hybridized carbons (Fsp3) is 0.105. The van der Waals surface area contributed by atoms with Crippen LogP contribution in [0.25, 0.3) is 10.9 Å². The van der Waals surface area contributed by atoms with Gasteiger partial charge >= 0.3 is 5.97 Å². The number of benzene rings is 2. The molecular formula is C19H14N2O3. The highest BCUT2D eigenvalue weighted by molar-refractivity contribution is 6.04. The van der Waals surface area contributed by atoms with Crippen LogP contribution in [0.15, 0.2) is 48.5 Å². The number of carbonyl (C=O) groups is 2. The molecule has 3 rings (SSSR count). The van der Waals surface area contributed by atoms with E-state index in [1.165, 1.54) is 4.57 Å². The summed E-state index contributed by atoms with van der Waals surface area (Å²) in [6, 6.07) is 15.7. The summed E-state index contributed by atoms with van der Waals surface area (Å²) in [5, 5.41) is 18.8. The minimum absolute atomic E-state index is 0.139. The summed E-state index contributed by atoms with van der Waals surface area (Å²) in [6.07, 6.45) is -0.139. The maximum atomic E-state index is 12.9. The van der Waals surface area contributed by atoms with Crippen molar-refractivity contribution < 1.29 is 14.7 Å². The van der Waals surface area contributed by atoms with Crippen LogP contribution in [0.1, 0.15) is 27.2 Å². The minimum atomic E-state index is -0.938. The molecule has 5 heteroatoms. The van der Waals surface area contributed by atoms with Gasteiger partial charge in [-0.15, -0.1) is 0 Å². The summed E-state index contributed by atoms with van der Waals surface area (Å²) in [5.74, 6) is -1.18. The standard InChI is InChI=1S/C19H14N2O3/c1-12-16(10-18(22)23)15-4-2-3-5-17(15)21(12)19(24)14-8-6-13(11-20)7-9-14/h2-9H,10H2,1H3,(H,22,23). The van der Waals surface area contributed by atoms with Crippen LogP contribution in [0.5, 0.6) is 0 Å². The Balaban J connectivity index is 2.18. The van der Waals surface area contributed by atoms with Gasteiger partial charge in [0.1, 0.15) is 0 Å². The summed E-state index contributed by atoms with van der Waals surface area (Å²) in [6.45, 7) is 1.75. The van der Waals surface area contributed by atoms with Crippen molar-refractivity contribution in [2.24, 2.45) is 0 Å². The van der Waals surface area contributed by atoms with Gasteiger partial charge in [-0.25, -0.2) is 0 Å². The number of hydrogen-bond donors (Lipinski definition) is 1. The van der Waals surface area contributed by atoms with Gasteiger partial charge in [-0.1, -0.05) is 18.2 Å². The lowest BCUT2D eigenvalue weighted by Gasteiger charge is -2.07. The molecule has 1 heterocycles. The average molecular weight is 318 g/mol. The Bertz CT molecular complexity index is 992. The van der Waals surface area contributed by atoms with Gasteiger partial charge in [0.05, 0.1) is 23.6 Å². The van der Waals surface area contributed by atoms with E-state index in [9.17, 15) is 9.59 Å². The molecule has 0 saturated heterocycles. The third-order valence-corrected chi connectivity index (χ3v) is 4.03. The lowest BCUT2D eigenvalue weighted by Crippen LogP contribution is -2.14. The monoisotopic (exact) mass is 318 g/mol. The van der Waals surface area contributed by atoms with Crippen molar-refractivity contribution in [3.8, 4) is 6.07 Å². The molecule has 0 fully saturated rings. The van der Waals surface area contributed by atoms with E-state index in [-0.39, 0.29) is 12.3 Å². The van der Waals surface area contributed by atoms with Gasteiger partial charge in [0.25, 0.3) is 5.91 Å². The molecule has 0 aliphatic carbocycles. The number of carbonyl (C=O) groups excluding carboxylic acids is 1. The first-order valence-electron chi connectivity index (χ1n) is 7.38. The first-order valence-corrected chi connectivity index (χ1v) is 7.38. The van der Waals surface area contributed by atoms with Crippen LogP contribution < -0.4 is 0 Å². The molecule has 0 radical (unpaired) electrons. The normalized spacial score (nSPS) is 10.5.